The van der Waals surface area contributed by atoms with Gasteiger partial charge in [-0.15, -0.1) is 24.9 Å². The van der Waals surface area contributed by atoms with Gasteiger partial charge in [0.05, 0.1) is 6.61 Å². The van der Waals surface area contributed by atoms with Gasteiger partial charge < -0.3 is 18.9 Å². The summed E-state index contributed by atoms with van der Waals surface area (Å²) in [7, 11) is 0. The molecular weight excluding hydrogens is 433 g/mol. The predicted molar refractivity (Wildman–Crippen MR) is 112 cm³/mol. The molecule has 2 rings (SSSR count). The summed E-state index contributed by atoms with van der Waals surface area (Å²) in [5.41, 5.74) is 1.69. The molecule has 0 amide bonds. The van der Waals surface area contributed by atoms with Crippen LogP contribution in [0.3, 0.4) is 0 Å². The Kier molecular flexibility index (Phi) is 9.11. The van der Waals surface area contributed by atoms with Crippen LogP contribution >= 0.6 is 11.8 Å². The van der Waals surface area contributed by atoms with Gasteiger partial charge in [-0.1, -0.05) is 6.58 Å². The van der Waals surface area contributed by atoms with Crippen LogP contribution in [0, 0.1) is 6.92 Å². The van der Waals surface area contributed by atoms with Crippen molar-refractivity contribution in [3.05, 3.63) is 60.2 Å². The first-order valence-corrected chi connectivity index (χ1v) is 10.3. The highest BCUT2D eigenvalue weighted by Crippen LogP contribution is 2.28. The van der Waals surface area contributed by atoms with E-state index in [4.69, 9.17) is 14.2 Å². The summed E-state index contributed by atoms with van der Waals surface area (Å²) in [4.78, 5) is 12.4. The van der Waals surface area contributed by atoms with E-state index in [0.29, 0.717) is 23.9 Å². The minimum absolute atomic E-state index is 0.140. The first-order chi connectivity index (χ1) is 14.7. The lowest BCUT2D eigenvalue weighted by molar-refractivity contribution is -0.274. The van der Waals surface area contributed by atoms with Crippen molar-refractivity contribution in [3.8, 4) is 17.2 Å². The van der Waals surface area contributed by atoms with Gasteiger partial charge in [0.2, 0.25) is 0 Å². The molecule has 2 aromatic rings. The molecule has 0 aromatic heterocycles. The van der Waals surface area contributed by atoms with E-state index in [2.05, 4.69) is 11.3 Å². The van der Waals surface area contributed by atoms with Crippen LogP contribution in [0.4, 0.5) is 13.2 Å². The van der Waals surface area contributed by atoms with Crippen LogP contribution in [-0.4, -0.2) is 37.9 Å². The smallest absolute Gasteiger partial charge is 0.489 e. The van der Waals surface area contributed by atoms with E-state index < -0.39 is 12.3 Å². The SMILES string of the molecule is C=C(COc1ccc(OC(F)(F)F)cc1)CSc1ccc(OCC(=O)OCC)c(C)c1. The molecule has 0 atom stereocenters. The number of alkyl halides is 3. The number of carbonyl (C=O) groups is 1. The molecule has 31 heavy (non-hydrogen) atoms. The van der Waals surface area contributed by atoms with Gasteiger partial charge in [0.1, 0.15) is 23.9 Å². The van der Waals surface area contributed by atoms with E-state index >= 15 is 0 Å². The topological polar surface area (TPSA) is 54.0 Å². The minimum atomic E-state index is -4.72. The zero-order chi connectivity index (χ0) is 22.9. The van der Waals surface area contributed by atoms with Gasteiger partial charge in [-0.05, 0) is 67.4 Å². The summed E-state index contributed by atoms with van der Waals surface area (Å²) < 4.78 is 56.2. The maximum absolute atomic E-state index is 12.2. The number of ether oxygens (including phenoxy) is 4. The highest BCUT2D eigenvalue weighted by atomic mass is 32.2. The zero-order valence-corrected chi connectivity index (χ0v) is 18.0. The summed E-state index contributed by atoms with van der Waals surface area (Å²) in [6, 6.07) is 10.8. The molecule has 0 saturated carbocycles. The summed E-state index contributed by atoms with van der Waals surface area (Å²) in [6.07, 6.45) is -4.72. The van der Waals surface area contributed by atoms with E-state index in [1.165, 1.54) is 24.3 Å². The Balaban J connectivity index is 1.77. The van der Waals surface area contributed by atoms with Gasteiger partial charge in [0.25, 0.3) is 0 Å². The first kappa shape index (κ1) is 24.5. The molecule has 0 N–H and O–H groups in total. The van der Waals surface area contributed by atoms with Crippen LogP contribution in [0.1, 0.15) is 12.5 Å². The van der Waals surface area contributed by atoms with Gasteiger partial charge in [0, 0.05) is 10.6 Å². The van der Waals surface area contributed by atoms with Crippen LogP contribution in [0.25, 0.3) is 0 Å². The Morgan fingerprint density at radius 1 is 1.03 bits per heavy atom. The molecule has 0 aliphatic carbocycles. The van der Waals surface area contributed by atoms with E-state index in [9.17, 15) is 18.0 Å². The van der Waals surface area contributed by atoms with E-state index in [-0.39, 0.29) is 19.0 Å². The number of hydrogen-bond acceptors (Lipinski definition) is 6. The number of hydrogen-bond donors (Lipinski definition) is 0. The number of esters is 1. The molecule has 9 heteroatoms. The Morgan fingerprint density at radius 2 is 1.71 bits per heavy atom. The van der Waals surface area contributed by atoms with E-state index in [1.54, 1.807) is 24.8 Å². The lowest BCUT2D eigenvalue weighted by Gasteiger charge is -2.12. The number of thioether (sulfide) groups is 1. The molecule has 0 spiro atoms. The van der Waals surface area contributed by atoms with E-state index in [1.807, 2.05) is 19.1 Å². The monoisotopic (exact) mass is 456 g/mol. The summed E-state index contributed by atoms with van der Waals surface area (Å²) >= 11 is 1.56. The largest absolute Gasteiger partial charge is 0.573 e. The Hall–Kier alpha value is -2.81. The molecule has 0 heterocycles. The summed E-state index contributed by atoms with van der Waals surface area (Å²) in [5.74, 6) is 0.896. The van der Waals surface area contributed by atoms with Gasteiger partial charge in [-0.3, -0.25) is 0 Å². The lowest BCUT2D eigenvalue weighted by atomic mass is 10.2. The standard InChI is InChI=1S/C22H23F3O5S/c1-4-27-21(26)13-29-20-10-9-19(11-16(20)3)31-14-15(2)12-28-17-5-7-18(8-6-17)30-22(23,24)25/h5-11H,2,4,12-14H2,1,3H3. The maximum atomic E-state index is 12.2. The molecule has 2 aromatic carbocycles. The molecule has 5 nitrogen and oxygen atoms in total. The average Bonchev–Trinajstić information content (AvgIpc) is 2.70. The maximum Gasteiger partial charge on any atom is 0.573 e. The van der Waals surface area contributed by atoms with Crippen molar-refractivity contribution in [2.45, 2.75) is 25.1 Å². The minimum Gasteiger partial charge on any atom is -0.489 e. The number of rotatable bonds is 11. The molecule has 0 bridgehead atoms. The Labute approximate surface area is 183 Å². The second-order valence-electron chi connectivity index (χ2n) is 6.37. The van der Waals surface area contributed by atoms with Gasteiger partial charge in [-0.25, -0.2) is 4.79 Å². The van der Waals surface area contributed by atoms with E-state index in [0.717, 1.165) is 16.0 Å². The fraction of sp³-hybridized carbons (Fsp3) is 0.318. The van der Waals surface area contributed by atoms with Crippen LogP contribution in [-0.2, 0) is 9.53 Å². The van der Waals surface area contributed by atoms with Crippen molar-refractivity contribution < 1.29 is 36.9 Å². The molecule has 0 aliphatic rings. The average molecular weight is 456 g/mol. The first-order valence-electron chi connectivity index (χ1n) is 9.33. The highest BCUT2D eigenvalue weighted by molar-refractivity contribution is 7.99. The molecule has 0 saturated heterocycles. The van der Waals surface area contributed by atoms with Crippen LogP contribution < -0.4 is 14.2 Å². The van der Waals surface area contributed by atoms with Crippen LogP contribution in [0.5, 0.6) is 17.2 Å². The molecule has 168 valence electrons. The van der Waals surface area contributed by atoms with Crippen LogP contribution in [0.2, 0.25) is 0 Å². The van der Waals surface area contributed by atoms with Crippen LogP contribution in [0.15, 0.2) is 59.5 Å². The second kappa shape index (κ2) is 11.5. The quantitative estimate of drug-likeness (QED) is 0.251. The highest BCUT2D eigenvalue weighted by Gasteiger charge is 2.30. The number of benzene rings is 2. The third-order valence-electron chi connectivity index (χ3n) is 3.74. The molecule has 0 radical (unpaired) electrons. The van der Waals surface area contributed by atoms with Crippen molar-refractivity contribution in [2.75, 3.05) is 25.6 Å². The zero-order valence-electron chi connectivity index (χ0n) is 17.2. The van der Waals surface area contributed by atoms with Crippen molar-refractivity contribution in [3.63, 3.8) is 0 Å². The van der Waals surface area contributed by atoms with Crippen molar-refractivity contribution in [1.82, 2.24) is 0 Å². The van der Waals surface area contributed by atoms with Gasteiger partial charge in [-0.2, -0.15) is 0 Å². The molecular formula is C22H23F3O5S. The summed E-state index contributed by atoms with van der Waals surface area (Å²) in [6.45, 7) is 7.97. The van der Waals surface area contributed by atoms with Gasteiger partial charge in [0.15, 0.2) is 6.61 Å². The Bertz CT molecular complexity index is 882. The molecule has 0 unspecified atom stereocenters. The fourth-order valence-corrected chi connectivity index (χ4v) is 3.24. The van der Waals surface area contributed by atoms with Crippen molar-refractivity contribution >= 4 is 17.7 Å². The molecule has 0 aliphatic heterocycles. The van der Waals surface area contributed by atoms with Crippen molar-refractivity contribution in [1.29, 1.82) is 0 Å². The Morgan fingerprint density at radius 3 is 2.32 bits per heavy atom. The lowest BCUT2D eigenvalue weighted by Crippen LogP contribution is -2.17. The number of aryl methyl sites for hydroxylation is 1. The third-order valence-corrected chi connectivity index (χ3v) is 4.88. The number of carbonyl (C=O) groups excluding carboxylic acids is 1. The third kappa shape index (κ3) is 9.25. The predicted octanol–water partition coefficient (Wildman–Crippen LogP) is 5.56. The second-order valence-corrected chi connectivity index (χ2v) is 7.42. The fourth-order valence-electron chi connectivity index (χ4n) is 2.36. The molecule has 0 fully saturated rings. The summed E-state index contributed by atoms with van der Waals surface area (Å²) in [5, 5.41) is 0. The number of halogens is 3. The van der Waals surface area contributed by atoms with Crippen molar-refractivity contribution in [2.24, 2.45) is 0 Å². The normalized spacial score (nSPS) is 11.0. The van der Waals surface area contributed by atoms with Gasteiger partial charge >= 0.3 is 12.3 Å².